The third-order valence-corrected chi connectivity index (χ3v) is 18.0. The molecule has 0 saturated carbocycles. The van der Waals surface area contributed by atoms with Crippen LogP contribution in [0.1, 0.15) is 88.7 Å². The molecule has 0 aliphatic carbocycles. The summed E-state index contributed by atoms with van der Waals surface area (Å²) in [5.74, 6) is -3.96. The summed E-state index contributed by atoms with van der Waals surface area (Å²) in [7, 11) is -10.7. The van der Waals surface area contributed by atoms with E-state index in [1.807, 2.05) is 42.5 Å². The lowest BCUT2D eigenvalue weighted by molar-refractivity contribution is 0.0686. The Hall–Kier alpha value is -8.63. The molecule has 0 unspecified atom stereocenters. The van der Waals surface area contributed by atoms with E-state index < -0.39 is 59.2 Å². The van der Waals surface area contributed by atoms with Gasteiger partial charge >= 0.3 is 23.9 Å². The number of aromatic carboxylic acids is 4. The van der Waals surface area contributed by atoms with E-state index in [1.54, 1.807) is 134 Å². The summed E-state index contributed by atoms with van der Waals surface area (Å²) in [6.45, 7) is 3.25. The summed E-state index contributed by atoms with van der Waals surface area (Å²) >= 11 is 1.17. The Kier molecular flexibility index (Phi) is 21.1. The molecule has 416 valence electrons. The first-order valence-electron chi connectivity index (χ1n) is 24.6. The van der Waals surface area contributed by atoms with Gasteiger partial charge in [0.05, 0.1) is 32.4 Å². The molecule has 0 aliphatic rings. The van der Waals surface area contributed by atoms with Crippen LogP contribution >= 0.6 is 11.3 Å². The Morgan fingerprint density at radius 2 is 0.725 bits per heavy atom. The van der Waals surface area contributed by atoms with Crippen molar-refractivity contribution in [3.05, 3.63) is 243 Å². The van der Waals surface area contributed by atoms with Gasteiger partial charge in [0.2, 0.25) is 10.0 Å². The fourth-order valence-corrected chi connectivity index (χ4v) is 11.4. The first-order chi connectivity index (χ1) is 38.0. The van der Waals surface area contributed by atoms with Gasteiger partial charge in [0.1, 0.15) is 4.21 Å². The summed E-state index contributed by atoms with van der Waals surface area (Å²) < 4.78 is 80.8. The number of sulfonamides is 3. The molecule has 17 nitrogen and oxygen atoms in total. The molecule has 7 N–H and O–H groups in total. The number of nitrogens with one attached hydrogen (secondary N) is 3. The third-order valence-electron chi connectivity index (χ3n) is 12.0. The number of hydrogen-bond donors (Lipinski definition) is 7. The van der Waals surface area contributed by atoms with E-state index in [0.717, 1.165) is 52.6 Å². The number of carboxylic acids is 4. The van der Waals surface area contributed by atoms with Crippen LogP contribution in [0.2, 0.25) is 0 Å². The van der Waals surface area contributed by atoms with Gasteiger partial charge in [-0.2, -0.15) is 0 Å². The smallest absolute Gasteiger partial charge is 0.335 e. The first kappa shape index (κ1) is 60.6. The second-order valence-corrected chi connectivity index (χ2v) is 25.1. The largest absolute Gasteiger partial charge is 0.478 e. The van der Waals surface area contributed by atoms with E-state index in [1.165, 1.54) is 35.6 Å². The highest BCUT2D eigenvalue weighted by molar-refractivity contribution is 7.94. The Labute approximate surface area is 468 Å². The SMILES string of the molecule is CC(C)S(=O)(=O)Nc1ccc(CCc2cccc(C(=O)O)c2)cc1.O=C(O)c1ccc(S(=O)(=O)Nc2ccc(CCc3cccc(C(=O)O)c3)cc2)cc1.O=C(O)c1cccc(CCc2ccc(NS(=O)(=O)c3cccs3)cc2)c1. The minimum absolute atomic E-state index is 0.00666. The predicted molar refractivity (Wildman–Crippen MR) is 309 cm³/mol. The van der Waals surface area contributed by atoms with Crippen LogP contribution in [0, 0.1) is 0 Å². The molecular weight excluding hydrogens is 1100 g/mol. The fraction of sp³-hybridized carbons (Fsp3) is 0.153. The van der Waals surface area contributed by atoms with Crippen LogP contribution in [-0.2, 0) is 68.6 Å². The third kappa shape index (κ3) is 18.5. The molecule has 0 fully saturated rings. The molecule has 0 amide bonds. The van der Waals surface area contributed by atoms with Crippen molar-refractivity contribution in [3.63, 3.8) is 0 Å². The maximum Gasteiger partial charge on any atom is 0.335 e. The molecule has 1 heterocycles. The zero-order valence-corrected chi connectivity index (χ0v) is 46.5. The highest BCUT2D eigenvalue weighted by atomic mass is 32.2. The van der Waals surface area contributed by atoms with Gasteiger partial charge in [-0.05, 0) is 194 Å². The lowest BCUT2D eigenvalue weighted by atomic mass is 10.0. The van der Waals surface area contributed by atoms with Gasteiger partial charge in [0, 0.05) is 17.1 Å². The molecule has 80 heavy (non-hydrogen) atoms. The number of aryl methyl sites for hydroxylation is 6. The molecule has 8 aromatic rings. The average Bonchev–Trinajstić information content (AvgIpc) is 4.02. The molecule has 21 heteroatoms. The minimum Gasteiger partial charge on any atom is -0.478 e. The van der Waals surface area contributed by atoms with Crippen LogP contribution in [0.4, 0.5) is 17.1 Å². The summed E-state index contributed by atoms with van der Waals surface area (Å²) in [6.07, 6.45) is 4.25. The van der Waals surface area contributed by atoms with Crippen LogP contribution in [-0.4, -0.2) is 74.8 Å². The average molecular weight is 1160 g/mol. The van der Waals surface area contributed by atoms with Crippen molar-refractivity contribution in [2.75, 3.05) is 14.2 Å². The van der Waals surface area contributed by atoms with Gasteiger partial charge in [-0.25, -0.2) is 44.4 Å². The Bertz CT molecular complexity index is 3760. The summed E-state index contributed by atoms with van der Waals surface area (Å²) in [6, 6.07) is 50.0. The molecule has 0 spiro atoms. The Morgan fingerprint density at radius 1 is 0.388 bits per heavy atom. The van der Waals surface area contributed by atoms with Crippen LogP contribution in [0.5, 0.6) is 0 Å². The van der Waals surface area contributed by atoms with Crippen LogP contribution in [0.25, 0.3) is 0 Å². The van der Waals surface area contributed by atoms with Gasteiger partial charge in [-0.1, -0.05) is 78.9 Å². The topological polar surface area (TPSA) is 288 Å². The monoisotopic (exact) mass is 1160 g/mol. The highest BCUT2D eigenvalue weighted by Crippen LogP contribution is 2.23. The molecule has 0 atom stereocenters. The lowest BCUT2D eigenvalue weighted by Gasteiger charge is -2.11. The van der Waals surface area contributed by atoms with E-state index in [9.17, 15) is 44.4 Å². The molecule has 0 aliphatic heterocycles. The number of carbonyl (C=O) groups is 4. The minimum atomic E-state index is -3.84. The number of benzene rings is 7. The number of hydrogen-bond acceptors (Lipinski definition) is 11. The molecule has 7 aromatic carbocycles. The predicted octanol–water partition coefficient (Wildman–Crippen LogP) is 11.0. The first-order valence-corrected chi connectivity index (χ1v) is 30.0. The fourth-order valence-electron chi connectivity index (χ4n) is 7.56. The van der Waals surface area contributed by atoms with Crippen molar-refractivity contribution >= 4 is 82.3 Å². The van der Waals surface area contributed by atoms with Crippen molar-refractivity contribution in [3.8, 4) is 0 Å². The van der Waals surface area contributed by atoms with E-state index in [2.05, 4.69) is 14.2 Å². The second-order valence-electron chi connectivity index (χ2n) is 18.3. The standard InChI is InChI=1S/C22H19NO6S.C19H17NO4S2.C18H21NO4S/c24-21(25)17-8-12-20(13-9-17)30(28,29)23-19-10-6-15(7-11-19)4-5-16-2-1-3-18(14-16)22(26)27;21-19(22)16-4-1-3-15(13-16)7-6-14-8-10-17(11-9-14)20-26(23,24)18-5-2-12-25-18;1-13(2)24(22,23)19-17-10-8-14(9-11-17)6-7-15-4-3-5-16(12-15)18(20)21/h1-3,6-14,23H,4-5H2,(H,24,25)(H,26,27);1-5,8-13,20H,6-7H2,(H,21,22);3-5,8-13,19H,6-7H2,1-2H3,(H,20,21). The lowest BCUT2D eigenvalue weighted by Crippen LogP contribution is -2.22. The van der Waals surface area contributed by atoms with Crippen LogP contribution in [0.3, 0.4) is 0 Å². The number of anilines is 3. The zero-order valence-electron chi connectivity index (χ0n) is 43.2. The maximum absolute atomic E-state index is 12.5. The van der Waals surface area contributed by atoms with Crippen molar-refractivity contribution in [1.29, 1.82) is 0 Å². The summed E-state index contributed by atoms with van der Waals surface area (Å²) in [4.78, 5) is 43.9. The zero-order chi connectivity index (χ0) is 58.0. The maximum atomic E-state index is 12.5. The van der Waals surface area contributed by atoms with Crippen molar-refractivity contribution in [2.45, 2.75) is 66.7 Å². The van der Waals surface area contributed by atoms with Crippen molar-refractivity contribution in [1.82, 2.24) is 0 Å². The van der Waals surface area contributed by atoms with Crippen LogP contribution in [0.15, 0.2) is 196 Å². The van der Waals surface area contributed by atoms with Gasteiger partial charge in [-0.3, -0.25) is 14.2 Å². The van der Waals surface area contributed by atoms with Crippen molar-refractivity contribution in [2.24, 2.45) is 0 Å². The van der Waals surface area contributed by atoms with Crippen molar-refractivity contribution < 1.29 is 64.9 Å². The Morgan fingerprint density at radius 3 is 1.05 bits per heavy atom. The molecule has 0 bridgehead atoms. The van der Waals surface area contributed by atoms with Gasteiger partial charge in [0.25, 0.3) is 20.0 Å². The van der Waals surface area contributed by atoms with Crippen LogP contribution < -0.4 is 14.2 Å². The summed E-state index contributed by atoms with van der Waals surface area (Å²) in [5, 5.41) is 37.2. The van der Waals surface area contributed by atoms with Gasteiger partial charge in [0.15, 0.2) is 0 Å². The number of thiophene rings is 1. The molecular formula is C59H57N3O14S4. The summed E-state index contributed by atoms with van der Waals surface area (Å²) in [5.41, 5.74) is 8.14. The quantitative estimate of drug-likeness (QED) is 0.0332. The van der Waals surface area contributed by atoms with E-state index in [-0.39, 0.29) is 31.4 Å². The number of carboxylic acid groups (broad SMARTS) is 4. The van der Waals surface area contributed by atoms with E-state index in [4.69, 9.17) is 20.4 Å². The Balaban J connectivity index is 0.000000195. The highest BCUT2D eigenvalue weighted by Gasteiger charge is 2.18. The molecule has 8 rings (SSSR count). The van der Waals surface area contributed by atoms with E-state index in [0.29, 0.717) is 36.3 Å². The van der Waals surface area contributed by atoms with Gasteiger partial charge < -0.3 is 20.4 Å². The number of rotatable bonds is 22. The second kappa shape index (κ2) is 27.8. The van der Waals surface area contributed by atoms with Gasteiger partial charge in [-0.15, -0.1) is 11.3 Å². The molecule has 0 radical (unpaired) electrons. The van der Waals surface area contributed by atoms with E-state index >= 15 is 0 Å². The normalized spacial score (nSPS) is 11.2. The molecule has 0 saturated heterocycles. The molecule has 1 aromatic heterocycles.